The van der Waals surface area contributed by atoms with Gasteiger partial charge in [-0.3, -0.25) is 10.1 Å². The van der Waals surface area contributed by atoms with Gasteiger partial charge in [-0.1, -0.05) is 65.8 Å². The highest BCUT2D eigenvalue weighted by molar-refractivity contribution is 5.91. The Bertz CT molecular complexity index is 1460. The van der Waals surface area contributed by atoms with E-state index in [0.29, 0.717) is 17.1 Å². The van der Waals surface area contributed by atoms with Crippen LogP contribution in [0.25, 0.3) is 22.5 Å². The van der Waals surface area contributed by atoms with Gasteiger partial charge in [0.2, 0.25) is 0 Å². The summed E-state index contributed by atoms with van der Waals surface area (Å²) in [6.07, 6.45) is 1.74. The summed E-state index contributed by atoms with van der Waals surface area (Å²) in [5.74, 6) is -0.352. The van der Waals surface area contributed by atoms with Gasteiger partial charge in [0.1, 0.15) is 17.5 Å². The minimum atomic E-state index is -0.830. The Morgan fingerprint density at radius 3 is 2.46 bits per heavy atom. The van der Waals surface area contributed by atoms with Crippen LogP contribution in [-0.2, 0) is 28.8 Å². The Kier molecular flexibility index (Phi) is 6.77. The summed E-state index contributed by atoms with van der Waals surface area (Å²) in [5.41, 5.74) is 8.16. The molecule has 0 saturated heterocycles. The molecule has 7 nitrogen and oxygen atoms in total. The zero-order valence-corrected chi connectivity index (χ0v) is 20.8. The van der Waals surface area contributed by atoms with Gasteiger partial charge in [-0.2, -0.15) is 0 Å². The lowest BCUT2D eigenvalue weighted by Crippen LogP contribution is -2.16. The Balaban J connectivity index is 1.40. The van der Waals surface area contributed by atoms with Crippen molar-refractivity contribution in [2.75, 3.05) is 5.32 Å². The van der Waals surface area contributed by atoms with Crippen molar-refractivity contribution in [3.63, 3.8) is 0 Å². The quantitative estimate of drug-likeness (QED) is 0.306. The van der Waals surface area contributed by atoms with Crippen LogP contribution in [0.5, 0.6) is 0 Å². The number of fused-ring (bicyclic) bond motifs is 3. The molecule has 1 aromatic heterocycles. The smallest absolute Gasteiger partial charge is 0.412 e. The van der Waals surface area contributed by atoms with Crippen molar-refractivity contribution in [2.45, 2.75) is 45.6 Å². The van der Waals surface area contributed by atoms with Crippen LogP contribution >= 0.6 is 0 Å². The summed E-state index contributed by atoms with van der Waals surface area (Å²) < 4.78 is 11.2. The van der Waals surface area contributed by atoms with Crippen molar-refractivity contribution in [1.29, 1.82) is 0 Å². The number of carboxylic acid groups (broad SMARTS) is 1. The maximum absolute atomic E-state index is 12.7. The largest absolute Gasteiger partial charge is 0.481 e. The number of aryl methyl sites for hydroxylation is 3. The number of carboxylic acids is 1. The Hall–Kier alpha value is -4.39. The molecule has 2 N–H and O–H groups in total. The van der Waals surface area contributed by atoms with Gasteiger partial charge in [0.25, 0.3) is 0 Å². The number of anilines is 1. The molecule has 5 rings (SSSR count). The van der Waals surface area contributed by atoms with Crippen LogP contribution < -0.4 is 5.32 Å². The number of hydrogen-bond donors (Lipinski definition) is 2. The normalized spacial score (nSPS) is 13.1. The van der Waals surface area contributed by atoms with Crippen molar-refractivity contribution in [3.05, 3.63) is 94.7 Å². The molecule has 3 aromatic carbocycles. The number of nitrogens with zero attached hydrogens (tertiary/aromatic N) is 1. The first-order valence-electron chi connectivity index (χ1n) is 12.3. The van der Waals surface area contributed by atoms with Gasteiger partial charge in [0.15, 0.2) is 5.76 Å². The first-order chi connectivity index (χ1) is 17.9. The lowest BCUT2D eigenvalue weighted by atomic mass is 9.93. The van der Waals surface area contributed by atoms with Crippen molar-refractivity contribution < 1.29 is 24.0 Å². The van der Waals surface area contributed by atoms with Gasteiger partial charge in [0, 0.05) is 5.56 Å². The van der Waals surface area contributed by atoms with Crippen molar-refractivity contribution in [2.24, 2.45) is 0 Å². The molecule has 1 aliphatic carbocycles. The predicted molar refractivity (Wildman–Crippen MR) is 140 cm³/mol. The van der Waals surface area contributed by atoms with E-state index in [1.807, 2.05) is 61.5 Å². The Morgan fingerprint density at radius 1 is 1.03 bits per heavy atom. The van der Waals surface area contributed by atoms with E-state index in [0.717, 1.165) is 47.1 Å². The molecule has 0 radical (unpaired) electrons. The number of nitrogens with one attached hydrogen (secondary N) is 1. The van der Waals surface area contributed by atoms with Crippen molar-refractivity contribution in [3.8, 4) is 22.5 Å². The molecule has 188 valence electrons. The summed E-state index contributed by atoms with van der Waals surface area (Å²) in [5, 5.41) is 16.1. The Morgan fingerprint density at radius 2 is 1.73 bits per heavy atom. The molecule has 0 fully saturated rings. The lowest BCUT2D eigenvalue weighted by Gasteiger charge is -2.15. The van der Waals surface area contributed by atoms with Gasteiger partial charge in [-0.05, 0) is 72.6 Å². The fourth-order valence-electron chi connectivity index (χ4n) is 4.87. The fraction of sp³-hybridized carbons (Fsp3) is 0.233. The molecule has 0 aliphatic heterocycles. The first-order valence-corrected chi connectivity index (χ1v) is 12.3. The monoisotopic (exact) mass is 496 g/mol. The second kappa shape index (κ2) is 10.3. The predicted octanol–water partition coefficient (Wildman–Crippen LogP) is 6.74. The van der Waals surface area contributed by atoms with Crippen LogP contribution in [-0.4, -0.2) is 22.3 Å². The number of carbonyl (C=O) groups is 2. The van der Waals surface area contributed by atoms with Crippen LogP contribution in [0.2, 0.25) is 0 Å². The van der Waals surface area contributed by atoms with Gasteiger partial charge in [0.05, 0.1) is 6.42 Å². The van der Waals surface area contributed by atoms with Crippen LogP contribution in [0.15, 0.2) is 71.3 Å². The topological polar surface area (TPSA) is 102 Å². The number of aromatic nitrogens is 1. The van der Waals surface area contributed by atoms with Gasteiger partial charge in [-0.25, -0.2) is 4.79 Å². The third kappa shape index (κ3) is 5.26. The van der Waals surface area contributed by atoms with E-state index in [1.54, 1.807) is 6.92 Å². The molecule has 0 saturated carbocycles. The van der Waals surface area contributed by atoms with E-state index in [2.05, 4.69) is 22.6 Å². The highest BCUT2D eigenvalue weighted by atomic mass is 16.6. The standard InChI is InChI=1S/C30H28N2O5/c1-18-28(31-30(35)36-19(2)21-7-4-3-5-8-21)29(37-32-18)24-12-14-26-23(17-24)10-6-9-22-15-20(16-27(33)34)11-13-25(22)26/h3-5,7-8,11-15,17,19H,6,9-10,16H2,1-2H3,(H,31,35)(H,33,34)/t19-/m1/s1. The molecule has 1 amide bonds. The molecular weight excluding hydrogens is 468 g/mol. The minimum absolute atomic E-state index is 0.0201. The van der Waals surface area contributed by atoms with E-state index >= 15 is 0 Å². The lowest BCUT2D eigenvalue weighted by molar-refractivity contribution is -0.136. The van der Waals surface area contributed by atoms with Crippen molar-refractivity contribution in [1.82, 2.24) is 5.16 Å². The van der Waals surface area contributed by atoms with Crippen LogP contribution in [0.4, 0.5) is 10.5 Å². The number of benzene rings is 3. The van der Waals surface area contributed by atoms with Gasteiger partial charge >= 0.3 is 12.1 Å². The number of carbonyl (C=O) groups excluding carboxylic acids is 1. The molecule has 4 aromatic rings. The second-order valence-electron chi connectivity index (χ2n) is 9.34. The molecule has 0 bridgehead atoms. The average Bonchev–Trinajstić information content (AvgIpc) is 3.13. The van der Waals surface area contributed by atoms with E-state index < -0.39 is 18.2 Å². The first kappa shape index (κ1) is 24.3. The summed E-state index contributed by atoms with van der Waals surface area (Å²) in [6.45, 7) is 3.60. The third-order valence-electron chi connectivity index (χ3n) is 6.72. The third-order valence-corrected chi connectivity index (χ3v) is 6.72. The highest BCUT2D eigenvalue weighted by Gasteiger charge is 2.22. The number of aliphatic carboxylic acids is 1. The number of hydrogen-bond acceptors (Lipinski definition) is 5. The SMILES string of the molecule is Cc1noc(-c2ccc3c(c2)CCCc2cc(CC(=O)O)ccc2-3)c1NC(=O)O[C@H](C)c1ccccc1. The fourth-order valence-corrected chi connectivity index (χ4v) is 4.87. The van der Waals surface area contributed by atoms with Crippen LogP contribution in [0.3, 0.4) is 0 Å². The van der Waals surface area contributed by atoms with Crippen LogP contribution in [0, 0.1) is 6.92 Å². The number of ether oxygens (including phenoxy) is 1. The number of amides is 1. The zero-order chi connectivity index (χ0) is 25.9. The summed E-state index contributed by atoms with van der Waals surface area (Å²) in [4.78, 5) is 23.8. The molecule has 37 heavy (non-hydrogen) atoms. The molecule has 1 aliphatic rings. The van der Waals surface area contributed by atoms with Gasteiger partial charge in [-0.15, -0.1) is 0 Å². The maximum atomic E-state index is 12.7. The van der Waals surface area contributed by atoms with E-state index in [4.69, 9.17) is 14.4 Å². The Labute approximate surface area is 215 Å². The summed E-state index contributed by atoms with van der Waals surface area (Å²) in [6, 6.07) is 21.6. The molecule has 7 heteroatoms. The molecule has 0 unspecified atom stereocenters. The van der Waals surface area contributed by atoms with E-state index in [9.17, 15) is 9.59 Å². The molecular formula is C30H28N2O5. The average molecular weight is 497 g/mol. The van der Waals surface area contributed by atoms with Crippen LogP contribution in [0.1, 0.15) is 47.4 Å². The van der Waals surface area contributed by atoms with Crippen molar-refractivity contribution >= 4 is 17.7 Å². The van der Waals surface area contributed by atoms with E-state index in [1.165, 1.54) is 11.1 Å². The molecule has 0 spiro atoms. The molecule has 1 atom stereocenters. The van der Waals surface area contributed by atoms with E-state index in [-0.39, 0.29) is 6.42 Å². The maximum Gasteiger partial charge on any atom is 0.412 e. The second-order valence-corrected chi connectivity index (χ2v) is 9.34. The highest BCUT2D eigenvalue weighted by Crippen LogP contribution is 2.38. The number of rotatable bonds is 6. The summed E-state index contributed by atoms with van der Waals surface area (Å²) in [7, 11) is 0. The molecule has 1 heterocycles. The zero-order valence-electron chi connectivity index (χ0n) is 20.8. The minimum Gasteiger partial charge on any atom is -0.481 e. The summed E-state index contributed by atoms with van der Waals surface area (Å²) >= 11 is 0. The van der Waals surface area contributed by atoms with Gasteiger partial charge < -0.3 is 14.4 Å².